The molecule has 0 bridgehead atoms. The zero-order valence-corrected chi connectivity index (χ0v) is 15.8. The van der Waals surface area contributed by atoms with Gasteiger partial charge in [0.25, 0.3) is 0 Å². The number of hydrogen-bond donors (Lipinski definition) is 0. The van der Waals surface area contributed by atoms with Crippen molar-refractivity contribution >= 4 is 12.0 Å². The van der Waals surface area contributed by atoms with Crippen molar-refractivity contribution in [2.24, 2.45) is 0 Å². The summed E-state index contributed by atoms with van der Waals surface area (Å²) < 4.78 is 5.05. The molecule has 1 fully saturated rings. The number of aromatic nitrogens is 1. The van der Waals surface area contributed by atoms with Crippen molar-refractivity contribution in [2.75, 3.05) is 32.8 Å². The highest BCUT2D eigenvalue weighted by Gasteiger charge is 2.31. The molecule has 1 atom stereocenters. The first-order chi connectivity index (χ1) is 13.1. The predicted octanol–water partition coefficient (Wildman–Crippen LogP) is 2.82. The van der Waals surface area contributed by atoms with Crippen LogP contribution in [0.3, 0.4) is 0 Å². The van der Waals surface area contributed by atoms with Crippen molar-refractivity contribution in [1.29, 1.82) is 0 Å². The molecule has 0 radical (unpaired) electrons. The minimum absolute atomic E-state index is 0.0149. The Hall–Kier alpha value is -2.89. The highest BCUT2D eigenvalue weighted by molar-refractivity contribution is 5.87. The highest BCUT2D eigenvalue weighted by atomic mass is 16.6. The molecule has 2 heterocycles. The third-order valence-corrected chi connectivity index (χ3v) is 4.76. The Kier molecular flexibility index (Phi) is 6.06. The monoisotopic (exact) mass is 367 g/mol. The number of carbonyl (C=O) groups excluding carboxylic acids is 2. The summed E-state index contributed by atoms with van der Waals surface area (Å²) in [5.74, 6) is -0.429. The van der Waals surface area contributed by atoms with Gasteiger partial charge in [0.2, 0.25) is 5.91 Å². The molecule has 6 heteroatoms. The van der Waals surface area contributed by atoms with Crippen LogP contribution in [0.15, 0.2) is 48.7 Å². The van der Waals surface area contributed by atoms with Crippen molar-refractivity contribution in [2.45, 2.75) is 19.8 Å². The SMILES string of the molecule is CCOC(=O)N1CCN(C(=O)C(c2ccc(C)cc2)c2ccccn2)CC1. The maximum atomic E-state index is 13.3. The van der Waals surface area contributed by atoms with Crippen LogP contribution >= 0.6 is 0 Å². The van der Waals surface area contributed by atoms with Crippen LogP contribution < -0.4 is 0 Å². The Morgan fingerprint density at radius 3 is 2.30 bits per heavy atom. The van der Waals surface area contributed by atoms with Gasteiger partial charge in [0, 0.05) is 32.4 Å². The Morgan fingerprint density at radius 1 is 1.04 bits per heavy atom. The van der Waals surface area contributed by atoms with Gasteiger partial charge in [-0.2, -0.15) is 0 Å². The second-order valence-electron chi connectivity index (χ2n) is 6.61. The van der Waals surface area contributed by atoms with Gasteiger partial charge >= 0.3 is 6.09 Å². The number of pyridine rings is 1. The van der Waals surface area contributed by atoms with Crippen molar-refractivity contribution in [1.82, 2.24) is 14.8 Å². The van der Waals surface area contributed by atoms with Crippen LogP contribution in [0, 0.1) is 6.92 Å². The fraction of sp³-hybridized carbons (Fsp3) is 0.381. The minimum atomic E-state index is -0.444. The minimum Gasteiger partial charge on any atom is -0.450 e. The molecule has 27 heavy (non-hydrogen) atoms. The van der Waals surface area contributed by atoms with Crippen molar-refractivity contribution in [3.05, 3.63) is 65.5 Å². The van der Waals surface area contributed by atoms with Crippen LogP contribution in [0.2, 0.25) is 0 Å². The first kappa shape index (κ1) is 18.9. The summed E-state index contributed by atoms with van der Waals surface area (Å²) in [5.41, 5.74) is 2.81. The number of nitrogens with zero attached hydrogens (tertiary/aromatic N) is 3. The van der Waals surface area contributed by atoms with Crippen LogP contribution in [0.5, 0.6) is 0 Å². The molecule has 6 nitrogen and oxygen atoms in total. The Morgan fingerprint density at radius 2 is 1.70 bits per heavy atom. The lowest BCUT2D eigenvalue weighted by molar-refractivity contribution is -0.133. The standard InChI is InChI=1S/C21H25N3O3/c1-3-27-21(26)24-14-12-23(13-15-24)20(25)19(18-6-4-5-11-22-18)17-9-7-16(2)8-10-17/h4-11,19H,3,12-15H2,1-2H3. The van der Waals surface area contributed by atoms with Gasteiger partial charge in [-0.1, -0.05) is 35.9 Å². The summed E-state index contributed by atoms with van der Waals surface area (Å²) >= 11 is 0. The van der Waals surface area contributed by atoms with E-state index in [0.29, 0.717) is 32.8 Å². The van der Waals surface area contributed by atoms with Gasteiger partial charge in [-0.15, -0.1) is 0 Å². The molecule has 0 saturated carbocycles. The number of aryl methyl sites for hydroxylation is 1. The number of benzene rings is 1. The van der Waals surface area contributed by atoms with E-state index in [9.17, 15) is 9.59 Å². The summed E-state index contributed by atoms with van der Waals surface area (Å²) in [5, 5.41) is 0. The quantitative estimate of drug-likeness (QED) is 0.834. The molecule has 1 aromatic heterocycles. The van der Waals surface area contributed by atoms with Crippen LogP contribution in [0.25, 0.3) is 0 Å². The summed E-state index contributed by atoms with van der Waals surface area (Å²) in [4.78, 5) is 33.1. The zero-order valence-electron chi connectivity index (χ0n) is 15.8. The lowest BCUT2D eigenvalue weighted by atomic mass is 9.92. The Bertz CT molecular complexity index is 769. The highest BCUT2D eigenvalue weighted by Crippen LogP contribution is 2.26. The van der Waals surface area contributed by atoms with Gasteiger partial charge in [0.15, 0.2) is 0 Å². The fourth-order valence-electron chi connectivity index (χ4n) is 3.25. The van der Waals surface area contributed by atoms with E-state index in [1.54, 1.807) is 18.0 Å². The molecule has 3 rings (SSSR count). The fourth-order valence-corrected chi connectivity index (χ4v) is 3.25. The van der Waals surface area contributed by atoms with E-state index < -0.39 is 5.92 Å². The summed E-state index contributed by atoms with van der Waals surface area (Å²) in [6.07, 6.45) is 1.40. The van der Waals surface area contributed by atoms with Gasteiger partial charge in [-0.25, -0.2) is 4.79 Å². The molecule has 2 amide bonds. The molecule has 1 aliphatic heterocycles. The topological polar surface area (TPSA) is 62.7 Å². The van der Waals surface area contributed by atoms with Crippen molar-refractivity contribution in [3.63, 3.8) is 0 Å². The Labute approximate surface area is 159 Å². The van der Waals surface area contributed by atoms with E-state index in [2.05, 4.69) is 4.98 Å². The lowest BCUT2D eigenvalue weighted by Crippen LogP contribution is -2.51. The molecular formula is C21H25N3O3. The average Bonchev–Trinajstić information content (AvgIpc) is 2.71. The molecule has 1 aliphatic rings. The number of rotatable bonds is 4. The molecule has 0 spiro atoms. The van der Waals surface area contributed by atoms with E-state index in [4.69, 9.17) is 4.74 Å². The maximum Gasteiger partial charge on any atom is 0.409 e. The predicted molar refractivity (Wildman–Crippen MR) is 102 cm³/mol. The average molecular weight is 367 g/mol. The first-order valence-electron chi connectivity index (χ1n) is 9.28. The first-order valence-corrected chi connectivity index (χ1v) is 9.28. The zero-order chi connectivity index (χ0) is 19.2. The third kappa shape index (κ3) is 4.45. The number of carbonyl (C=O) groups is 2. The summed E-state index contributed by atoms with van der Waals surface area (Å²) in [6.45, 7) is 6.11. The van der Waals surface area contributed by atoms with Crippen LogP contribution in [0.1, 0.15) is 29.7 Å². The number of amides is 2. The van der Waals surface area contributed by atoms with E-state index in [0.717, 1.165) is 16.8 Å². The van der Waals surface area contributed by atoms with Gasteiger partial charge in [-0.3, -0.25) is 9.78 Å². The van der Waals surface area contributed by atoms with E-state index in [1.807, 2.05) is 54.3 Å². The van der Waals surface area contributed by atoms with Gasteiger partial charge in [0.1, 0.15) is 5.92 Å². The maximum absolute atomic E-state index is 13.3. The second-order valence-corrected chi connectivity index (χ2v) is 6.61. The lowest BCUT2D eigenvalue weighted by Gasteiger charge is -2.35. The number of piperazine rings is 1. The van der Waals surface area contributed by atoms with E-state index in [-0.39, 0.29) is 12.0 Å². The summed E-state index contributed by atoms with van der Waals surface area (Å²) in [6, 6.07) is 13.6. The molecule has 142 valence electrons. The molecular weight excluding hydrogens is 342 g/mol. The van der Waals surface area contributed by atoms with Gasteiger partial charge in [0.05, 0.1) is 12.3 Å². The van der Waals surface area contributed by atoms with Crippen molar-refractivity contribution in [3.8, 4) is 0 Å². The van der Waals surface area contributed by atoms with Crippen LogP contribution in [-0.2, 0) is 9.53 Å². The normalized spacial score (nSPS) is 15.3. The summed E-state index contributed by atoms with van der Waals surface area (Å²) in [7, 11) is 0. The van der Waals surface area contributed by atoms with Gasteiger partial charge in [-0.05, 0) is 31.5 Å². The van der Waals surface area contributed by atoms with Gasteiger partial charge < -0.3 is 14.5 Å². The molecule has 0 N–H and O–H groups in total. The molecule has 0 aliphatic carbocycles. The number of hydrogen-bond acceptors (Lipinski definition) is 4. The molecule has 1 saturated heterocycles. The van der Waals surface area contributed by atoms with Crippen LogP contribution in [0.4, 0.5) is 4.79 Å². The van der Waals surface area contributed by atoms with E-state index in [1.165, 1.54) is 0 Å². The smallest absolute Gasteiger partial charge is 0.409 e. The number of ether oxygens (including phenoxy) is 1. The molecule has 1 unspecified atom stereocenters. The van der Waals surface area contributed by atoms with Crippen LogP contribution in [-0.4, -0.2) is 59.6 Å². The Balaban J connectivity index is 1.78. The van der Waals surface area contributed by atoms with E-state index >= 15 is 0 Å². The molecule has 1 aromatic carbocycles. The molecule has 2 aromatic rings. The largest absolute Gasteiger partial charge is 0.450 e. The van der Waals surface area contributed by atoms with Crippen molar-refractivity contribution < 1.29 is 14.3 Å². The second kappa shape index (κ2) is 8.66. The third-order valence-electron chi connectivity index (χ3n) is 4.76.